The fourth-order valence-corrected chi connectivity index (χ4v) is 2.66. The van der Waals surface area contributed by atoms with E-state index in [-0.39, 0.29) is 0 Å². The van der Waals surface area contributed by atoms with E-state index in [1.807, 2.05) is 6.92 Å². The average Bonchev–Trinajstić information content (AvgIpc) is 2.63. The van der Waals surface area contributed by atoms with Crippen LogP contribution < -0.4 is 5.32 Å². The maximum absolute atomic E-state index is 4.31. The van der Waals surface area contributed by atoms with Gasteiger partial charge < -0.3 is 5.32 Å². The molecule has 2 N–H and O–H groups in total. The molecule has 0 aliphatic heterocycles. The van der Waals surface area contributed by atoms with E-state index in [1.54, 1.807) is 0 Å². The monoisotopic (exact) mass is 222 g/mol. The molecule has 1 aromatic rings. The maximum Gasteiger partial charge on any atom is 0.164 e. The summed E-state index contributed by atoms with van der Waals surface area (Å²) in [7, 11) is 0. The van der Waals surface area contributed by atoms with Crippen LogP contribution in [0.5, 0.6) is 0 Å². The number of aromatic amines is 1. The van der Waals surface area contributed by atoms with E-state index < -0.39 is 0 Å². The zero-order chi connectivity index (χ0) is 11.5. The lowest BCUT2D eigenvalue weighted by atomic mass is 9.80. The Morgan fingerprint density at radius 2 is 2.19 bits per heavy atom. The maximum atomic E-state index is 4.31. The molecule has 0 aromatic carbocycles. The van der Waals surface area contributed by atoms with E-state index in [0.29, 0.717) is 6.04 Å². The predicted octanol–water partition coefficient (Wildman–Crippen LogP) is 2.03. The highest BCUT2D eigenvalue weighted by molar-refractivity contribution is 4.89. The summed E-state index contributed by atoms with van der Waals surface area (Å²) >= 11 is 0. The minimum atomic E-state index is 0.634. The summed E-state index contributed by atoms with van der Waals surface area (Å²) in [5.41, 5.74) is 0. The van der Waals surface area contributed by atoms with Crippen molar-refractivity contribution in [2.75, 3.05) is 0 Å². The van der Waals surface area contributed by atoms with Crippen molar-refractivity contribution in [2.45, 2.75) is 52.6 Å². The summed E-state index contributed by atoms with van der Waals surface area (Å²) in [5, 5.41) is 10.6. The Kier molecular flexibility index (Phi) is 3.59. The number of aryl methyl sites for hydroxylation is 1. The highest BCUT2D eigenvalue weighted by atomic mass is 15.2. The SMILES string of the molecule is Cc1nc(CNC2CCC(C)CC2C)n[nH]1. The van der Waals surface area contributed by atoms with Crippen molar-refractivity contribution in [1.29, 1.82) is 0 Å². The number of nitrogens with zero attached hydrogens (tertiary/aromatic N) is 2. The molecule has 1 aromatic heterocycles. The van der Waals surface area contributed by atoms with Gasteiger partial charge in [0.1, 0.15) is 5.82 Å². The van der Waals surface area contributed by atoms with Gasteiger partial charge in [-0.2, -0.15) is 5.10 Å². The normalized spacial score (nSPS) is 30.6. The Morgan fingerprint density at radius 3 is 2.81 bits per heavy atom. The third kappa shape index (κ3) is 2.82. The average molecular weight is 222 g/mol. The van der Waals surface area contributed by atoms with Crippen LogP contribution in [0.1, 0.15) is 44.8 Å². The van der Waals surface area contributed by atoms with Gasteiger partial charge in [0, 0.05) is 6.04 Å². The minimum absolute atomic E-state index is 0.634. The van der Waals surface area contributed by atoms with Gasteiger partial charge in [-0.15, -0.1) is 0 Å². The number of hydrogen-bond acceptors (Lipinski definition) is 3. The van der Waals surface area contributed by atoms with E-state index in [1.165, 1.54) is 19.3 Å². The lowest BCUT2D eigenvalue weighted by Crippen LogP contribution is -2.38. The molecule has 3 atom stereocenters. The first kappa shape index (κ1) is 11.6. The van der Waals surface area contributed by atoms with E-state index >= 15 is 0 Å². The third-order valence-corrected chi connectivity index (χ3v) is 3.60. The molecule has 1 aliphatic carbocycles. The van der Waals surface area contributed by atoms with E-state index in [9.17, 15) is 0 Å². The minimum Gasteiger partial charge on any atom is -0.307 e. The number of nitrogens with one attached hydrogen (secondary N) is 2. The van der Waals surface area contributed by atoms with Crippen LogP contribution in [-0.2, 0) is 6.54 Å². The highest BCUT2D eigenvalue weighted by Crippen LogP contribution is 2.28. The molecule has 16 heavy (non-hydrogen) atoms. The van der Waals surface area contributed by atoms with E-state index in [2.05, 4.69) is 34.3 Å². The molecular formula is C12H22N4. The fourth-order valence-electron chi connectivity index (χ4n) is 2.66. The molecule has 2 rings (SSSR count). The van der Waals surface area contributed by atoms with Crippen molar-refractivity contribution >= 4 is 0 Å². The van der Waals surface area contributed by atoms with Crippen LogP contribution in [0, 0.1) is 18.8 Å². The summed E-state index contributed by atoms with van der Waals surface area (Å²) in [6.07, 6.45) is 3.96. The van der Waals surface area contributed by atoms with Crippen molar-refractivity contribution in [3.8, 4) is 0 Å². The molecule has 0 spiro atoms. The number of H-pyrrole nitrogens is 1. The molecular weight excluding hydrogens is 200 g/mol. The highest BCUT2D eigenvalue weighted by Gasteiger charge is 2.24. The molecule has 0 saturated heterocycles. The van der Waals surface area contributed by atoms with Crippen molar-refractivity contribution in [1.82, 2.24) is 20.5 Å². The van der Waals surface area contributed by atoms with Gasteiger partial charge in [-0.3, -0.25) is 5.10 Å². The van der Waals surface area contributed by atoms with Crippen LogP contribution >= 0.6 is 0 Å². The van der Waals surface area contributed by atoms with Gasteiger partial charge in [0.15, 0.2) is 5.82 Å². The summed E-state index contributed by atoms with van der Waals surface area (Å²) < 4.78 is 0. The first-order chi connectivity index (χ1) is 7.65. The summed E-state index contributed by atoms with van der Waals surface area (Å²) in [6.45, 7) is 7.41. The number of aromatic nitrogens is 3. The summed E-state index contributed by atoms with van der Waals surface area (Å²) in [4.78, 5) is 4.31. The second kappa shape index (κ2) is 4.95. The second-order valence-corrected chi connectivity index (χ2v) is 5.22. The first-order valence-corrected chi connectivity index (χ1v) is 6.26. The third-order valence-electron chi connectivity index (χ3n) is 3.60. The van der Waals surface area contributed by atoms with E-state index in [4.69, 9.17) is 0 Å². The van der Waals surface area contributed by atoms with Gasteiger partial charge >= 0.3 is 0 Å². The molecule has 4 heteroatoms. The predicted molar refractivity (Wildman–Crippen MR) is 63.9 cm³/mol. The molecule has 1 heterocycles. The van der Waals surface area contributed by atoms with Crippen LogP contribution in [0.4, 0.5) is 0 Å². The second-order valence-electron chi connectivity index (χ2n) is 5.22. The summed E-state index contributed by atoms with van der Waals surface area (Å²) in [6, 6.07) is 0.634. The quantitative estimate of drug-likeness (QED) is 0.822. The molecule has 0 amide bonds. The lowest BCUT2D eigenvalue weighted by molar-refractivity contribution is 0.226. The smallest absolute Gasteiger partial charge is 0.164 e. The zero-order valence-corrected chi connectivity index (χ0v) is 10.5. The topological polar surface area (TPSA) is 53.6 Å². The van der Waals surface area contributed by atoms with Gasteiger partial charge in [0.05, 0.1) is 6.54 Å². The number of rotatable bonds is 3. The Balaban J connectivity index is 1.81. The van der Waals surface area contributed by atoms with Crippen LogP contribution in [-0.4, -0.2) is 21.2 Å². The Hall–Kier alpha value is -0.900. The molecule has 0 bridgehead atoms. The first-order valence-electron chi connectivity index (χ1n) is 6.26. The standard InChI is InChI=1S/C12H22N4/c1-8-4-5-11(9(2)6-8)13-7-12-14-10(3)15-16-12/h8-9,11,13H,4-7H2,1-3H3,(H,14,15,16). The van der Waals surface area contributed by atoms with Crippen LogP contribution in [0.15, 0.2) is 0 Å². The van der Waals surface area contributed by atoms with Crippen molar-refractivity contribution in [3.63, 3.8) is 0 Å². The van der Waals surface area contributed by atoms with Crippen LogP contribution in [0.25, 0.3) is 0 Å². The largest absolute Gasteiger partial charge is 0.307 e. The van der Waals surface area contributed by atoms with Gasteiger partial charge in [0.2, 0.25) is 0 Å². The Morgan fingerprint density at radius 1 is 1.38 bits per heavy atom. The number of hydrogen-bond donors (Lipinski definition) is 2. The fraction of sp³-hybridized carbons (Fsp3) is 0.833. The molecule has 0 radical (unpaired) electrons. The van der Waals surface area contributed by atoms with Crippen molar-refractivity contribution < 1.29 is 0 Å². The van der Waals surface area contributed by atoms with E-state index in [0.717, 1.165) is 30.0 Å². The molecule has 1 aliphatic rings. The Bertz CT molecular complexity index is 334. The van der Waals surface area contributed by atoms with Crippen LogP contribution in [0.2, 0.25) is 0 Å². The molecule has 90 valence electrons. The van der Waals surface area contributed by atoms with Gasteiger partial charge in [-0.1, -0.05) is 13.8 Å². The molecule has 3 unspecified atom stereocenters. The Labute approximate surface area is 97.2 Å². The molecule has 1 saturated carbocycles. The van der Waals surface area contributed by atoms with Gasteiger partial charge in [-0.05, 0) is 38.0 Å². The molecule has 1 fully saturated rings. The summed E-state index contributed by atoms with van der Waals surface area (Å²) in [5.74, 6) is 3.42. The molecule has 4 nitrogen and oxygen atoms in total. The lowest BCUT2D eigenvalue weighted by Gasteiger charge is -2.33. The van der Waals surface area contributed by atoms with Gasteiger partial charge in [-0.25, -0.2) is 4.98 Å². The van der Waals surface area contributed by atoms with Gasteiger partial charge in [0.25, 0.3) is 0 Å². The van der Waals surface area contributed by atoms with Crippen molar-refractivity contribution in [2.24, 2.45) is 11.8 Å². The zero-order valence-electron chi connectivity index (χ0n) is 10.5. The van der Waals surface area contributed by atoms with Crippen molar-refractivity contribution in [3.05, 3.63) is 11.6 Å². The van der Waals surface area contributed by atoms with Crippen LogP contribution in [0.3, 0.4) is 0 Å².